The fourth-order valence-corrected chi connectivity index (χ4v) is 3.38. The fourth-order valence-electron chi connectivity index (χ4n) is 3.01. The number of carbonyl (C=O) groups excluding carboxylic acids is 1. The fraction of sp³-hybridized carbons (Fsp3) is 0.562. The minimum Gasteiger partial charge on any atom is -0.323 e. The van der Waals surface area contributed by atoms with Crippen LogP contribution in [0.1, 0.15) is 24.0 Å². The van der Waals surface area contributed by atoms with E-state index >= 15 is 0 Å². The van der Waals surface area contributed by atoms with Crippen LogP contribution in [0.2, 0.25) is 5.02 Å². The van der Waals surface area contributed by atoms with Gasteiger partial charge >= 0.3 is 0 Å². The molecule has 0 aromatic heterocycles. The van der Waals surface area contributed by atoms with E-state index in [4.69, 9.17) is 11.6 Å². The first kappa shape index (κ1) is 19.2. The molecule has 1 amide bonds. The summed E-state index contributed by atoms with van der Waals surface area (Å²) in [4.78, 5) is 14.5. The van der Waals surface area contributed by atoms with Crippen LogP contribution >= 0.6 is 24.0 Å². The van der Waals surface area contributed by atoms with Crippen LogP contribution < -0.4 is 10.6 Å². The first-order valence-corrected chi connectivity index (χ1v) is 7.84. The molecular weight excluding hydrogens is 321 g/mol. The number of rotatable bonds is 5. The molecule has 2 N–H and O–H groups in total. The first-order valence-electron chi connectivity index (χ1n) is 7.46. The van der Waals surface area contributed by atoms with Gasteiger partial charge in [0.05, 0.1) is 17.3 Å². The number of amides is 1. The molecule has 0 aliphatic carbocycles. The Kier molecular flexibility index (Phi) is 7.63. The molecule has 0 bridgehead atoms. The summed E-state index contributed by atoms with van der Waals surface area (Å²) in [5.41, 5.74) is 2.84. The van der Waals surface area contributed by atoms with E-state index in [9.17, 15) is 4.79 Å². The van der Waals surface area contributed by atoms with Crippen molar-refractivity contribution in [2.24, 2.45) is 0 Å². The Morgan fingerprint density at radius 3 is 2.77 bits per heavy atom. The lowest BCUT2D eigenvalue weighted by molar-refractivity contribution is -0.117. The van der Waals surface area contributed by atoms with Gasteiger partial charge in [-0.05, 0) is 57.5 Å². The third-order valence-corrected chi connectivity index (χ3v) is 4.28. The van der Waals surface area contributed by atoms with E-state index in [1.807, 2.05) is 33.0 Å². The smallest absolute Gasteiger partial charge is 0.238 e. The van der Waals surface area contributed by atoms with Crippen LogP contribution in [0.15, 0.2) is 12.1 Å². The minimum atomic E-state index is 0. The normalized spacial score (nSPS) is 18.1. The summed E-state index contributed by atoms with van der Waals surface area (Å²) in [6.45, 7) is 6.30. The number of nitrogens with one attached hydrogen (secondary N) is 2. The van der Waals surface area contributed by atoms with Crippen molar-refractivity contribution in [3.63, 3.8) is 0 Å². The van der Waals surface area contributed by atoms with E-state index in [0.717, 1.165) is 42.7 Å². The Morgan fingerprint density at radius 1 is 1.41 bits per heavy atom. The molecule has 124 valence electrons. The van der Waals surface area contributed by atoms with Crippen molar-refractivity contribution >= 4 is 35.6 Å². The van der Waals surface area contributed by atoms with E-state index in [2.05, 4.69) is 15.5 Å². The van der Waals surface area contributed by atoms with Gasteiger partial charge in [0.2, 0.25) is 5.91 Å². The number of halogens is 2. The summed E-state index contributed by atoms with van der Waals surface area (Å²) in [7, 11) is 1.95. The number of hydrogen-bond acceptors (Lipinski definition) is 3. The van der Waals surface area contributed by atoms with E-state index in [-0.39, 0.29) is 18.3 Å². The van der Waals surface area contributed by atoms with Gasteiger partial charge in [0.25, 0.3) is 0 Å². The molecule has 1 aromatic carbocycles. The predicted octanol–water partition coefficient (Wildman–Crippen LogP) is 3.00. The van der Waals surface area contributed by atoms with Crippen molar-refractivity contribution in [3.8, 4) is 0 Å². The van der Waals surface area contributed by atoms with Crippen LogP contribution in [0.3, 0.4) is 0 Å². The highest BCUT2D eigenvalue weighted by Crippen LogP contribution is 2.27. The first-order chi connectivity index (χ1) is 10.0. The third-order valence-electron chi connectivity index (χ3n) is 3.98. The molecule has 0 radical (unpaired) electrons. The average molecular weight is 346 g/mol. The lowest BCUT2D eigenvalue weighted by Gasteiger charge is -2.23. The van der Waals surface area contributed by atoms with E-state index in [1.165, 1.54) is 0 Å². The number of aryl methyl sites for hydroxylation is 2. The number of likely N-dealkylation sites (tertiary alicyclic amines) is 1. The molecule has 2 rings (SSSR count). The van der Waals surface area contributed by atoms with Crippen molar-refractivity contribution in [2.45, 2.75) is 32.7 Å². The van der Waals surface area contributed by atoms with E-state index in [1.54, 1.807) is 0 Å². The van der Waals surface area contributed by atoms with Crippen LogP contribution in [0, 0.1) is 13.8 Å². The lowest BCUT2D eigenvalue weighted by Crippen LogP contribution is -2.41. The van der Waals surface area contributed by atoms with Crippen LogP contribution in [0.4, 0.5) is 5.69 Å². The highest BCUT2D eigenvalue weighted by molar-refractivity contribution is 6.34. The molecule has 1 atom stereocenters. The SMILES string of the molecule is CNCC1CCCN1CC(=O)Nc1c(C)cc(C)cc1Cl.Cl. The Hall–Kier alpha value is -0.810. The second kappa shape index (κ2) is 8.73. The standard InChI is InChI=1S/C16H24ClN3O.ClH/c1-11-7-12(2)16(14(17)8-11)19-15(21)10-20-6-4-5-13(20)9-18-3;/h7-8,13,18H,4-6,9-10H2,1-3H3,(H,19,21);1H. The maximum absolute atomic E-state index is 12.3. The number of likely N-dealkylation sites (N-methyl/N-ethyl adjacent to an activating group) is 1. The number of nitrogens with zero attached hydrogens (tertiary/aromatic N) is 1. The summed E-state index contributed by atoms with van der Waals surface area (Å²) in [6, 6.07) is 4.36. The molecule has 6 heteroatoms. The molecule has 4 nitrogen and oxygen atoms in total. The number of anilines is 1. The molecule has 1 heterocycles. The van der Waals surface area contributed by atoms with Gasteiger partial charge in [0, 0.05) is 12.6 Å². The zero-order chi connectivity index (χ0) is 15.4. The lowest BCUT2D eigenvalue weighted by atomic mass is 10.1. The Morgan fingerprint density at radius 2 is 2.14 bits per heavy atom. The second-order valence-electron chi connectivity index (χ2n) is 5.81. The maximum atomic E-state index is 12.3. The number of benzene rings is 1. The van der Waals surface area contributed by atoms with Gasteiger partial charge in [0.15, 0.2) is 0 Å². The summed E-state index contributed by atoms with van der Waals surface area (Å²) in [6.07, 6.45) is 2.31. The van der Waals surface area contributed by atoms with Crippen LogP contribution in [-0.4, -0.2) is 43.5 Å². The van der Waals surface area contributed by atoms with Crippen molar-refractivity contribution in [2.75, 3.05) is 32.0 Å². The zero-order valence-electron chi connectivity index (χ0n) is 13.4. The molecule has 1 saturated heterocycles. The van der Waals surface area contributed by atoms with Crippen LogP contribution in [0.25, 0.3) is 0 Å². The molecule has 1 aliphatic heterocycles. The largest absolute Gasteiger partial charge is 0.323 e. The Bertz CT molecular complexity index is 499. The molecule has 1 aromatic rings. The monoisotopic (exact) mass is 345 g/mol. The van der Waals surface area contributed by atoms with Gasteiger partial charge in [-0.1, -0.05) is 17.7 Å². The number of carbonyl (C=O) groups is 1. The quantitative estimate of drug-likeness (QED) is 0.862. The van der Waals surface area contributed by atoms with E-state index in [0.29, 0.717) is 17.6 Å². The number of hydrogen-bond donors (Lipinski definition) is 2. The third kappa shape index (κ3) is 4.85. The van der Waals surface area contributed by atoms with Crippen molar-refractivity contribution in [1.82, 2.24) is 10.2 Å². The van der Waals surface area contributed by atoms with Crippen molar-refractivity contribution in [1.29, 1.82) is 0 Å². The molecule has 0 saturated carbocycles. The van der Waals surface area contributed by atoms with Gasteiger partial charge in [-0.3, -0.25) is 9.69 Å². The zero-order valence-corrected chi connectivity index (χ0v) is 15.0. The van der Waals surface area contributed by atoms with Gasteiger partial charge in [-0.25, -0.2) is 0 Å². The molecule has 1 fully saturated rings. The summed E-state index contributed by atoms with van der Waals surface area (Å²) in [5, 5.41) is 6.76. The van der Waals surface area contributed by atoms with Crippen molar-refractivity contribution < 1.29 is 4.79 Å². The van der Waals surface area contributed by atoms with Crippen LogP contribution in [-0.2, 0) is 4.79 Å². The topological polar surface area (TPSA) is 44.4 Å². The molecular formula is C16H25Cl2N3O. The summed E-state index contributed by atoms with van der Waals surface area (Å²) in [5.74, 6) is 0.00635. The minimum absolute atomic E-state index is 0. The van der Waals surface area contributed by atoms with Crippen molar-refractivity contribution in [3.05, 3.63) is 28.3 Å². The van der Waals surface area contributed by atoms with Gasteiger partial charge in [0.1, 0.15) is 0 Å². The van der Waals surface area contributed by atoms with Gasteiger partial charge in [-0.15, -0.1) is 12.4 Å². The highest BCUT2D eigenvalue weighted by atomic mass is 35.5. The molecule has 0 spiro atoms. The molecule has 22 heavy (non-hydrogen) atoms. The molecule has 1 aliphatic rings. The highest BCUT2D eigenvalue weighted by Gasteiger charge is 2.25. The predicted molar refractivity (Wildman–Crippen MR) is 95.3 cm³/mol. The van der Waals surface area contributed by atoms with Gasteiger partial charge < -0.3 is 10.6 Å². The summed E-state index contributed by atoms with van der Waals surface area (Å²) < 4.78 is 0. The van der Waals surface area contributed by atoms with Gasteiger partial charge in [-0.2, -0.15) is 0 Å². The average Bonchev–Trinajstić information content (AvgIpc) is 2.82. The second-order valence-corrected chi connectivity index (χ2v) is 6.22. The molecule has 1 unspecified atom stereocenters. The summed E-state index contributed by atoms with van der Waals surface area (Å²) >= 11 is 6.24. The Balaban J connectivity index is 0.00000242. The van der Waals surface area contributed by atoms with E-state index < -0.39 is 0 Å². The Labute approximate surface area is 144 Å². The maximum Gasteiger partial charge on any atom is 0.238 e. The van der Waals surface area contributed by atoms with Crippen LogP contribution in [0.5, 0.6) is 0 Å².